The first-order valence-corrected chi connectivity index (χ1v) is 6.16. The maximum absolute atomic E-state index is 11.6. The lowest BCUT2D eigenvalue weighted by Crippen LogP contribution is -2.15. The SMILES string of the molecule is Cc1cccc(C(I)C(=O)OC(C)C)c1. The number of carbonyl (C=O) groups excluding carboxylic acids is 1. The highest BCUT2D eigenvalue weighted by Gasteiger charge is 2.19. The first-order valence-electron chi connectivity index (χ1n) is 4.92. The zero-order valence-corrected chi connectivity index (χ0v) is 11.3. The van der Waals surface area contributed by atoms with Gasteiger partial charge in [0, 0.05) is 0 Å². The van der Waals surface area contributed by atoms with Crippen LogP contribution in [0.2, 0.25) is 0 Å². The van der Waals surface area contributed by atoms with E-state index in [9.17, 15) is 4.79 Å². The predicted molar refractivity (Wildman–Crippen MR) is 69.2 cm³/mol. The van der Waals surface area contributed by atoms with Crippen LogP contribution in [0, 0.1) is 6.92 Å². The van der Waals surface area contributed by atoms with Crippen molar-refractivity contribution >= 4 is 28.6 Å². The molecule has 0 spiro atoms. The van der Waals surface area contributed by atoms with Gasteiger partial charge in [-0.25, -0.2) is 0 Å². The Hall–Kier alpha value is -0.580. The van der Waals surface area contributed by atoms with E-state index in [2.05, 4.69) is 22.6 Å². The van der Waals surface area contributed by atoms with Gasteiger partial charge in [-0.3, -0.25) is 4.79 Å². The Morgan fingerprint density at radius 3 is 2.60 bits per heavy atom. The van der Waals surface area contributed by atoms with Crippen molar-refractivity contribution < 1.29 is 9.53 Å². The minimum atomic E-state index is -0.218. The Labute approximate surface area is 104 Å². The number of carbonyl (C=O) groups is 1. The van der Waals surface area contributed by atoms with Crippen molar-refractivity contribution in [1.82, 2.24) is 0 Å². The Morgan fingerprint density at radius 2 is 2.07 bits per heavy atom. The van der Waals surface area contributed by atoms with Gasteiger partial charge in [-0.05, 0) is 26.3 Å². The van der Waals surface area contributed by atoms with Gasteiger partial charge in [-0.15, -0.1) is 0 Å². The minimum Gasteiger partial charge on any atom is -0.462 e. The average molecular weight is 318 g/mol. The van der Waals surface area contributed by atoms with Gasteiger partial charge in [-0.1, -0.05) is 52.4 Å². The zero-order chi connectivity index (χ0) is 11.4. The van der Waals surface area contributed by atoms with Gasteiger partial charge in [0.1, 0.15) is 3.92 Å². The van der Waals surface area contributed by atoms with Crippen LogP contribution in [0.3, 0.4) is 0 Å². The molecule has 1 atom stereocenters. The normalized spacial score (nSPS) is 12.6. The summed E-state index contributed by atoms with van der Waals surface area (Å²) < 4.78 is 4.94. The molecule has 0 aliphatic heterocycles. The topological polar surface area (TPSA) is 26.3 Å². The van der Waals surface area contributed by atoms with Crippen LogP contribution >= 0.6 is 22.6 Å². The van der Waals surface area contributed by atoms with Gasteiger partial charge in [0.2, 0.25) is 0 Å². The standard InChI is InChI=1S/C12H15IO2/c1-8(2)15-12(14)11(13)10-6-4-5-9(3)7-10/h4-8,11H,1-3H3. The monoisotopic (exact) mass is 318 g/mol. The highest BCUT2D eigenvalue weighted by Crippen LogP contribution is 2.25. The summed E-state index contributed by atoms with van der Waals surface area (Å²) in [5.74, 6) is -0.170. The number of hydrogen-bond donors (Lipinski definition) is 0. The molecule has 2 nitrogen and oxygen atoms in total. The zero-order valence-electron chi connectivity index (χ0n) is 9.16. The maximum atomic E-state index is 11.6. The molecule has 0 aliphatic rings. The number of rotatable bonds is 3. The van der Waals surface area contributed by atoms with Crippen molar-refractivity contribution in [3.63, 3.8) is 0 Å². The third kappa shape index (κ3) is 3.81. The van der Waals surface area contributed by atoms with Crippen LogP contribution in [0.4, 0.5) is 0 Å². The lowest BCUT2D eigenvalue weighted by molar-refractivity contribution is -0.146. The molecular formula is C12H15IO2. The highest BCUT2D eigenvalue weighted by molar-refractivity contribution is 14.1. The molecule has 82 valence electrons. The van der Waals surface area contributed by atoms with E-state index < -0.39 is 0 Å². The quantitative estimate of drug-likeness (QED) is 0.485. The Bertz CT molecular complexity index is 347. The summed E-state index contributed by atoms with van der Waals surface area (Å²) in [5.41, 5.74) is 2.16. The number of esters is 1. The lowest BCUT2D eigenvalue weighted by Gasteiger charge is -2.13. The third-order valence-electron chi connectivity index (χ3n) is 1.89. The largest absolute Gasteiger partial charge is 0.462 e. The molecule has 0 N–H and O–H groups in total. The molecule has 0 heterocycles. The second-order valence-corrected chi connectivity index (χ2v) is 5.01. The molecule has 0 aliphatic carbocycles. The molecule has 0 fully saturated rings. The predicted octanol–water partition coefficient (Wildman–Crippen LogP) is 3.42. The fourth-order valence-corrected chi connectivity index (χ4v) is 1.79. The number of halogens is 1. The van der Waals surface area contributed by atoms with E-state index in [1.54, 1.807) is 0 Å². The fraction of sp³-hybridized carbons (Fsp3) is 0.417. The number of hydrogen-bond acceptors (Lipinski definition) is 2. The summed E-state index contributed by atoms with van der Waals surface area (Å²) in [6.07, 6.45) is -0.0559. The molecule has 1 unspecified atom stereocenters. The van der Waals surface area contributed by atoms with Gasteiger partial charge >= 0.3 is 5.97 Å². The third-order valence-corrected chi connectivity index (χ3v) is 3.12. The van der Waals surface area contributed by atoms with Crippen LogP contribution in [0.15, 0.2) is 24.3 Å². The molecule has 0 bridgehead atoms. The van der Waals surface area contributed by atoms with Crippen molar-refractivity contribution in [2.45, 2.75) is 30.8 Å². The van der Waals surface area contributed by atoms with E-state index >= 15 is 0 Å². The molecule has 0 amide bonds. The molecular weight excluding hydrogens is 303 g/mol. The highest BCUT2D eigenvalue weighted by atomic mass is 127. The molecule has 0 saturated carbocycles. The summed E-state index contributed by atoms with van der Waals surface area (Å²) in [7, 11) is 0. The maximum Gasteiger partial charge on any atom is 0.323 e. The first-order chi connectivity index (χ1) is 7.00. The number of ether oxygens (including phenoxy) is 1. The van der Waals surface area contributed by atoms with Crippen LogP contribution < -0.4 is 0 Å². The van der Waals surface area contributed by atoms with Gasteiger partial charge in [0.15, 0.2) is 0 Å². The first kappa shape index (κ1) is 12.5. The summed E-state index contributed by atoms with van der Waals surface area (Å²) in [6.45, 7) is 5.73. The second-order valence-electron chi connectivity index (χ2n) is 3.76. The van der Waals surface area contributed by atoms with Gasteiger partial charge in [0.25, 0.3) is 0 Å². The van der Waals surface area contributed by atoms with Crippen molar-refractivity contribution in [3.05, 3.63) is 35.4 Å². The number of alkyl halides is 1. The van der Waals surface area contributed by atoms with Crippen molar-refractivity contribution in [1.29, 1.82) is 0 Å². The molecule has 1 aromatic carbocycles. The summed E-state index contributed by atoms with van der Waals surface area (Å²) in [4.78, 5) is 11.6. The van der Waals surface area contributed by atoms with E-state index in [1.165, 1.54) is 0 Å². The Morgan fingerprint density at radius 1 is 1.40 bits per heavy atom. The van der Waals surface area contributed by atoms with E-state index in [0.29, 0.717) is 0 Å². The Balaban J connectivity index is 2.76. The summed E-state index contributed by atoms with van der Waals surface area (Å²) in [5, 5.41) is 0. The molecule has 15 heavy (non-hydrogen) atoms. The summed E-state index contributed by atoms with van der Waals surface area (Å²) >= 11 is 2.11. The van der Waals surface area contributed by atoms with Crippen molar-refractivity contribution in [2.75, 3.05) is 0 Å². The van der Waals surface area contributed by atoms with Crippen LogP contribution in [0.25, 0.3) is 0 Å². The number of benzene rings is 1. The minimum absolute atomic E-state index is 0.0559. The van der Waals surface area contributed by atoms with Crippen molar-refractivity contribution in [2.24, 2.45) is 0 Å². The summed E-state index contributed by atoms with van der Waals surface area (Å²) in [6, 6.07) is 7.93. The number of aryl methyl sites for hydroxylation is 1. The van der Waals surface area contributed by atoms with Crippen molar-refractivity contribution in [3.8, 4) is 0 Å². The van der Waals surface area contributed by atoms with Crippen LogP contribution in [0.1, 0.15) is 28.9 Å². The fourth-order valence-electron chi connectivity index (χ4n) is 1.26. The molecule has 1 rings (SSSR count). The van der Waals surface area contributed by atoms with Crippen LogP contribution in [0.5, 0.6) is 0 Å². The lowest BCUT2D eigenvalue weighted by atomic mass is 10.1. The molecule has 1 aromatic rings. The van der Waals surface area contributed by atoms with E-state index in [-0.39, 0.29) is 16.0 Å². The van der Waals surface area contributed by atoms with Gasteiger partial charge in [-0.2, -0.15) is 0 Å². The van der Waals surface area contributed by atoms with E-state index in [0.717, 1.165) is 11.1 Å². The smallest absolute Gasteiger partial charge is 0.323 e. The van der Waals surface area contributed by atoms with Gasteiger partial charge in [0.05, 0.1) is 6.10 Å². The van der Waals surface area contributed by atoms with E-state index in [4.69, 9.17) is 4.74 Å². The molecule has 3 heteroatoms. The molecule has 0 saturated heterocycles. The molecule has 0 aromatic heterocycles. The van der Waals surface area contributed by atoms with E-state index in [1.807, 2.05) is 45.0 Å². The Kier molecular flexibility index (Phi) is 4.57. The van der Waals surface area contributed by atoms with Gasteiger partial charge < -0.3 is 4.74 Å². The second kappa shape index (κ2) is 5.49. The van der Waals surface area contributed by atoms with Crippen LogP contribution in [-0.2, 0) is 9.53 Å². The molecule has 0 radical (unpaired) electrons. The van der Waals surface area contributed by atoms with Crippen LogP contribution in [-0.4, -0.2) is 12.1 Å². The average Bonchev–Trinajstić information content (AvgIpc) is 2.15.